The molecule has 2 nitrogen and oxygen atoms in total. The summed E-state index contributed by atoms with van der Waals surface area (Å²) in [4.78, 5) is 0. The Morgan fingerprint density at radius 1 is 1.42 bits per heavy atom. The molecule has 0 spiro atoms. The van der Waals surface area contributed by atoms with E-state index in [1.165, 1.54) is 0 Å². The molecule has 0 aromatic heterocycles. The molecule has 0 aliphatic heterocycles. The van der Waals surface area contributed by atoms with Gasteiger partial charge in [-0.05, 0) is 19.9 Å². The van der Waals surface area contributed by atoms with Gasteiger partial charge in [0.15, 0.2) is 0 Å². The monoisotopic (exact) mass is 191 g/mol. The Bertz CT molecular complexity index is 88.5. The van der Waals surface area contributed by atoms with Gasteiger partial charge < -0.3 is 10.4 Å². The van der Waals surface area contributed by atoms with Crippen LogP contribution in [0.3, 0.4) is 0 Å². The summed E-state index contributed by atoms with van der Waals surface area (Å²) in [7, 11) is 0. The van der Waals surface area contributed by atoms with Crippen molar-refractivity contribution in [2.24, 2.45) is 0 Å². The van der Waals surface area contributed by atoms with Crippen LogP contribution < -0.4 is 5.32 Å². The third-order valence-electron chi connectivity index (χ3n) is 1.72. The molecule has 0 heterocycles. The number of hydrogen-bond donors (Lipinski definition) is 2. The Morgan fingerprint density at radius 3 is 2.58 bits per heavy atom. The second kappa shape index (κ2) is 7.90. The lowest BCUT2D eigenvalue weighted by molar-refractivity contribution is 0.289. The second-order valence-corrected chi connectivity index (χ2v) is 4.59. The van der Waals surface area contributed by atoms with Crippen molar-refractivity contribution in [3.63, 3.8) is 0 Å². The fraction of sp³-hybridized carbons (Fsp3) is 1.00. The summed E-state index contributed by atoms with van der Waals surface area (Å²) in [5.41, 5.74) is 0. The van der Waals surface area contributed by atoms with Crippen LogP contribution in [0.2, 0.25) is 0 Å². The number of aliphatic hydroxyl groups excluding tert-OH is 1. The first-order valence-corrected chi connectivity index (χ1v) is 5.71. The smallest absolute Gasteiger partial charge is 0.0441 e. The molecule has 0 radical (unpaired) electrons. The highest BCUT2D eigenvalue weighted by Gasteiger charge is 2.04. The minimum atomic E-state index is 0.309. The molecule has 0 aliphatic rings. The highest BCUT2D eigenvalue weighted by Crippen LogP contribution is 2.14. The summed E-state index contributed by atoms with van der Waals surface area (Å²) in [5.74, 6) is 1.13. The zero-order valence-electron chi connectivity index (χ0n) is 8.34. The van der Waals surface area contributed by atoms with E-state index >= 15 is 0 Å². The van der Waals surface area contributed by atoms with E-state index in [1.54, 1.807) is 0 Å². The van der Waals surface area contributed by atoms with Crippen LogP contribution in [0.5, 0.6) is 0 Å². The minimum absolute atomic E-state index is 0.309. The van der Waals surface area contributed by atoms with Crippen LogP contribution in [0.4, 0.5) is 0 Å². The zero-order chi connectivity index (χ0) is 9.40. The van der Waals surface area contributed by atoms with E-state index in [9.17, 15) is 0 Å². The summed E-state index contributed by atoms with van der Waals surface area (Å²) >= 11 is 1.93. The van der Waals surface area contributed by atoms with Crippen LogP contribution >= 0.6 is 11.8 Å². The first-order chi connectivity index (χ1) is 5.70. The Labute approximate surface area is 80.1 Å². The molecule has 3 heteroatoms. The maximum atomic E-state index is 8.68. The van der Waals surface area contributed by atoms with Gasteiger partial charge in [-0.15, -0.1) is 0 Å². The van der Waals surface area contributed by atoms with Crippen LogP contribution in [-0.4, -0.2) is 35.3 Å². The molecule has 0 fully saturated rings. The number of rotatable bonds is 7. The summed E-state index contributed by atoms with van der Waals surface area (Å²) < 4.78 is 0. The average molecular weight is 191 g/mol. The lowest BCUT2D eigenvalue weighted by Gasteiger charge is -2.14. The van der Waals surface area contributed by atoms with Gasteiger partial charge in [-0.3, -0.25) is 0 Å². The van der Waals surface area contributed by atoms with Crippen LogP contribution in [0.25, 0.3) is 0 Å². The van der Waals surface area contributed by atoms with E-state index in [-0.39, 0.29) is 0 Å². The van der Waals surface area contributed by atoms with E-state index in [4.69, 9.17) is 5.11 Å². The van der Waals surface area contributed by atoms with Crippen molar-refractivity contribution in [2.75, 3.05) is 18.9 Å². The highest BCUT2D eigenvalue weighted by atomic mass is 32.2. The predicted octanol–water partition coefficient (Wildman–Crippen LogP) is 1.49. The second-order valence-electron chi connectivity index (χ2n) is 3.11. The Morgan fingerprint density at radius 2 is 2.08 bits per heavy atom. The first-order valence-electron chi connectivity index (χ1n) is 4.66. The summed E-state index contributed by atoms with van der Waals surface area (Å²) in [5, 5.41) is 12.6. The molecule has 2 unspecified atom stereocenters. The average Bonchev–Trinajstić information content (AvgIpc) is 2.02. The van der Waals surface area contributed by atoms with E-state index in [0.29, 0.717) is 17.9 Å². The maximum absolute atomic E-state index is 8.68. The molecule has 0 saturated heterocycles. The number of thioether (sulfide) groups is 1. The summed E-state index contributed by atoms with van der Waals surface area (Å²) in [6.45, 7) is 7.83. The minimum Gasteiger partial charge on any atom is -0.396 e. The van der Waals surface area contributed by atoms with Crippen molar-refractivity contribution in [2.45, 2.75) is 38.5 Å². The van der Waals surface area contributed by atoms with Gasteiger partial charge in [-0.1, -0.05) is 13.8 Å². The van der Waals surface area contributed by atoms with Gasteiger partial charge in [-0.25, -0.2) is 0 Å². The van der Waals surface area contributed by atoms with Crippen molar-refractivity contribution in [1.29, 1.82) is 0 Å². The molecule has 74 valence electrons. The normalized spacial score (nSPS) is 16.0. The van der Waals surface area contributed by atoms with Gasteiger partial charge in [0.1, 0.15) is 0 Å². The van der Waals surface area contributed by atoms with Gasteiger partial charge >= 0.3 is 0 Å². The number of aliphatic hydroxyl groups is 1. The molecule has 2 atom stereocenters. The maximum Gasteiger partial charge on any atom is 0.0441 e. The van der Waals surface area contributed by atoms with Gasteiger partial charge in [0.2, 0.25) is 0 Å². The standard InChI is InChI=1S/C9H21NOS/c1-4-10-8(2)7-12-9(3)5-6-11/h8-11H,4-7H2,1-3H3. The number of nitrogens with one attached hydrogen (secondary N) is 1. The van der Waals surface area contributed by atoms with Gasteiger partial charge in [0.25, 0.3) is 0 Å². The highest BCUT2D eigenvalue weighted by molar-refractivity contribution is 7.99. The van der Waals surface area contributed by atoms with E-state index in [0.717, 1.165) is 18.7 Å². The van der Waals surface area contributed by atoms with Crippen molar-refractivity contribution < 1.29 is 5.11 Å². The Kier molecular flexibility index (Phi) is 8.07. The SMILES string of the molecule is CCNC(C)CSC(C)CCO. The number of hydrogen-bond acceptors (Lipinski definition) is 3. The van der Waals surface area contributed by atoms with Crippen LogP contribution in [0.1, 0.15) is 27.2 Å². The summed E-state index contributed by atoms with van der Waals surface area (Å²) in [6, 6.07) is 0.584. The molecule has 0 amide bonds. The molecule has 0 bridgehead atoms. The van der Waals surface area contributed by atoms with Crippen LogP contribution in [0.15, 0.2) is 0 Å². The lowest BCUT2D eigenvalue weighted by Crippen LogP contribution is -2.28. The van der Waals surface area contributed by atoms with Gasteiger partial charge in [0, 0.05) is 23.7 Å². The lowest BCUT2D eigenvalue weighted by atomic mass is 10.3. The van der Waals surface area contributed by atoms with E-state index < -0.39 is 0 Å². The molecule has 0 aliphatic carbocycles. The van der Waals surface area contributed by atoms with E-state index in [2.05, 4.69) is 26.1 Å². The quantitative estimate of drug-likeness (QED) is 0.639. The third-order valence-corrected chi connectivity index (χ3v) is 3.22. The Balaban J connectivity index is 3.27. The molecule has 0 aromatic carbocycles. The molecule has 0 saturated carbocycles. The topological polar surface area (TPSA) is 32.3 Å². The van der Waals surface area contributed by atoms with Gasteiger partial charge in [-0.2, -0.15) is 11.8 Å². The third kappa shape index (κ3) is 6.95. The molecule has 12 heavy (non-hydrogen) atoms. The van der Waals surface area contributed by atoms with Crippen LogP contribution in [0, 0.1) is 0 Å². The molecular weight excluding hydrogens is 170 g/mol. The van der Waals surface area contributed by atoms with Crippen molar-refractivity contribution >= 4 is 11.8 Å². The van der Waals surface area contributed by atoms with Crippen molar-refractivity contribution in [1.82, 2.24) is 5.32 Å². The molecule has 0 rings (SSSR count). The molecular formula is C9H21NOS. The largest absolute Gasteiger partial charge is 0.396 e. The molecule has 0 aromatic rings. The predicted molar refractivity (Wildman–Crippen MR) is 56.8 cm³/mol. The summed E-state index contributed by atoms with van der Waals surface area (Å²) in [6.07, 6.45) is 0.906. The van der Waals surface area contributed by atoms with E-state index in [1.807, 2.05) is 11.8 Å². The molecule has 2 N–H and O–H groups in total. The van der Waals surface area contributed by atoms with Crippen LogP contribution in [-0.2, 0) is 0 Å². The first kappa shape index (κ1) is 12.3. The van der Waals surface area contributed by atoms with Crippen molar-refractivity contribution in [3.8, 4) is 0 Å². The van der Waals surface area contributed by atoms with Gasteiger partial charge in [0.05, 0.1) is 0 Å². The van der Waals surface area contributed by atoms with Crippen molar-refractivity contribution in [3.05, 3.63) is 0 Å². The Hall–Kier alpha value is 0.270. The fourth-order valence-corrected chi connectivity index (χ4v) is 1.99. The fourth-order valence-electron chi connectivity index (χ4n) is 0.981. The zero-order valence-corrected chi connectivity index (χ0v) is 9.16.